The second-order valence-corrected chi connectivity index (χ2v) is 5.85. The molecule has 1 aromatic heterocycles. The number of aromatic nitrogens is 2. The van der Waals surface area contributed by atoms with Gasteiger partial charge in [-0.25, -0.2) is 4.98 Å². The first kappa shape index (κ1) is 16.0. The SMILES string of the molecule is CCCNCc1ccc(OCCc2nccn2C)c(Br)c1. The fourth-order valence-electron chi connectivity index (χ4n) is 2.07. The minimum atomic E-state index is 0.622. The molecule has 0 aliphatic carbocycles. The van der Waals surface area contributed by atoms with Crippen LogP contribution in [0.15, 0.2) is 35.1 Å². The number of nitrogens with one attached hydrogen (secondary N) is 1. The number of rotatable bonds is 8. The Bertz CT molecular complexity index is 568. The molecule has 5 heteroatoms. The van der Waals surface area contributed by atoms with E-state index in [9.17, 15) is 0 Å². The molecule has 21 heavy (non-hydrogen) atoms. The van der Waals surface area contributed by atoms with Crippen LogP contribution in [-0.2, 0) is 20.0 Å². The van der Waals surface area contributed by atoms with E-state index in [-0.39, 0.29) is 0 Å². The van der Waals surface area contributed by atoms with Crippen LogP contribution in [0.3, 0.4) is 0 Å². The van der Waals surface area contributed by atoms with Crippen LogP contribution >= 0.6 is 15.9 Å². The largest absolute Gasteiger partial charge is 0.492 e. The van der Waals surface area contributed by atoms with Crippen molar-refractivity contribution in [1.82, 2.24) is 14.9 Å². The molecule has 0 atom stereocenters. The smallest absolute Gasteiger partial charge is 0.133 e. The van der Waals surface area contributed by atoms with Gasteiger partial charge in [-0.2, -0.15) is 0 Å². The van der Waals surface area contributed by atoms with Gasteiger partial charge in [0.1, 0.15) is 11.6 Å². The van der Waals surface area contributed by atoms with Gasteiger partial charge < -0.3 is 14.6 Å². The number of imidazole rings is 1. The van der Waals surface area contributed by atoms with Gasteiger partial charge in [-0.3, -0.25) is 0 Å². The minimum absolute atomic E-state index is 0.622. The van der Waals surface area contributed by atoms with Gasteiger partial charge in [0.05, 0.1) is 11.1 Å². The Hall–Kier alpha value is -1.33. The zero-order valence-corrected chi connectivity index (χ0v) is 14.2. The van der Waals surface area contributed by atoms with Crippen LogP contribution in [-0.4, -0.2) is 22.7 Å². The fraction of sp³-hybridized carbons (Fsp3) is 0.438. The van der Waals surface area contributed by atoms with Gasteiger partial charge in [0.25, 0.3) is 0 Å². The van der Waals surface area contributed by atoms with E-state index in [0.717, 1.165) is 42.0 Å². The van der Waals surface area contributed by atoms with E-state index >= 15 is 0 Å². The molecule has 4 nitrogen and oxygen atoms in total. The Morgan fingerprint density at radius 1 is 1.38 bits per heavy atom. The predicted octanol–water partition coefficient (Wildman–Crippen LogP) is 3.30. The van der Waals surface area contributed by atoms with E-state index < -0.39 is 0 Å². The highest BCUT2D eigenvalue weighted by Crippen LogP contribution is 2.26. The summed E-state index contributed by atoms with van der Waals surface area (Å²) in [5, 5.41) is 3.39. The van der Waals surface area contributed by atoms with E-state index in [1.165, 1.54) is 5.56 Å². The van der Waals surface area contributed by atoms with E-state index in [1.807, 2.05) is 30.1 Å². The van der Waals surface area contributed by atoms with E-state index in [2.05, 4.69) is 45.3 Å². The summed E-state index contributed by atoms with van der Waals surface area (Å²) >= 11 is 3.58. The van der Waals surface area contributed by atoms with Gasteiger partial charge in [0.15, 0.2) is 0 Å². The van der Waals surface area contributed by atoms with Crippen molar-refractivity contribution in [3.63, 3.8) is 0 Å². The van der Waals surface area contributed by atoms with Crippen molar-refractivity contribution in [2.24, 2.45) is 7.05 Å². The first-order valence-corrected chi connectivity index (χ1v) is 8.08. The maximum atomic E-state index is 5.83. The van der Waals surface area contributed by atoms with E-state index in [4.69, 9.17) is 4.74 Å². The molecule has 114 valence electrons. The number of hydrogen-bond donors (Lipinski definition) is 1. The summed E-state index contributed by atoms with van der Waals surface area (Å²) in [7, 11) is 2.00. The molecular weight excluding hydrogens is 330 g/mol. The molecule has 0 aliphatic rings. The van der Waals surface area contributed by atoms with Gasteiger partial charge in [-0.05, 0) is 46.6 Å². The first-order chi connectivity index (χ1) is 10.2. The average molecular weight is 352 g/mol. The third kappa shape index (κ3) is 4.86. The summed E-state index contributed by atoms with van der Waals surface area (Å²) in [6, 6.07) is 6.23. The molecule has 0 fully saturated rings. The van der Waals surface area contributed by atoms with E-state index in [1.54, 1.807) is 0 Å². The lowest BCUT2D eigenvalue weighted by Crippen LogP contribution is -2.13. The third-order valence-corrected chi connectivity index (χ3v) is 3.88. The molecule has 0 saturated carbocycles. The molecule has 1 heterocycles. The van der Waals surface area contributed by atoms with Crippen molar-refractivity contribution in [1.29, 1.82) is 0 Å². The molecule has 0 amide bonds. The molecule has 0 spiro atoms. The maximum Gasteiger partial charge on any atom is 0.133 e. The summed E-state index contributed by atoms with van der Waals surface area (Å²) in [4.78, 5) is 4.29. The predicted molar refractivity (Wildman–Crippen MR) is 88.5 cm³/mol. The summed E-state index contributed by atoms with van der Waals surface area (Å²) in [6.45, 7) is 4.72. The maximum absolute atomic E-state index is 5.83. The zero-order chi connectivity index (χ0) is 15.1. The van der Waals surface area contributed by atoms with Gasteiger partial charge in [0.2, 0.25) is 0 Å². The summed E-state index contributed by atoms with van der Waals surface area (Å²) < 4.78 is 8.84. The lowest BCUT2D eigenvalue weighted by molar-refractivity contribution is 0.315. The third-order valence-electron chi connectivity index (χ3n) is 3.26. The second-order valence-electron chi connectivity index (χ2n) is 4.99. The number of nitrogens with zero attached hydrogens (tertiary/aromatic N) is 2. The van der Waals surface area contributed by atoms with Crippen LogP contribution in [0.5, 0.6) is 5.75 Å². The van der Waals surface area contributed by atoms with Gasteiger partial charge in [-0.15, -0.1) is 0 Å². The Balaban J connectivity index is 1.84. The molecule has 1 N–H and O–H groups in total. The zero-order valence-electron chi connectivity index (χ0n) is 12.6. The Labute approximate surface area is 134 Å². The molecule has 2 aromatic rings. The molecule has 0 radical (unpaired) electrons. The molecular formula is C16H22BrN3O. The Kier molecular flexibility index (Phi) is 6.26. The van der Waals surface area contributed by atoms with Crippen LogP contribution in [0.2, 0.25) is 0 Å². The highest BCUT2D eigenvalue weighted by Gasteiger charge is 2.04. The normalized spacial score (nSPS) is 10.8. The Morgan fingerprint density at radius 2 is 2.24 bits per heavy atom. The lowest BCUT2D eigenvalue weighted by atomic mass is 10.2. The van der Waals surface area contributed by atoms with Gasteiger partial charge >= 0.3 is 0 Å². The summed E-state index contributed by atoms with van der Waals surface area (Å²) in [6.07, 6.45) is 5.71. The number of ether oxygens (including phenoxy) is 1. The quantitative estimate of drug-likeness (QED) is 0.741. The standard InChI is InChI=1S/C16H22BrN3O/c1-3-7-18-12-13-4-5-15(14(17)11-13)21-10-6-16-19-8-9-20(16)2/h4-5,8-9,11,18H,3,6-7,10,12H2,1-2H3. The molecule has 0 aliphatic heterocycles. The molecule has 0 saturated heterocycles. The van der Waals surface area contributed by atoms with Crippen LogP contribution < -0.4 is 10.1 Å². The lowest BCUT2D eigenvalue weighted by Gasteiger charge is -2.10. The van der Waals surface area contributed by atoms with Gasteiger partial charge in [-0.1, -0.05) is 13.0 Å². The van der Waals surface area contributed by atoms with Crippen LogP contribution in [0.1, 0.15) is 24.7 Å². The van der Waals surface area contributed by atoms with Crippen molar-refractivity contribution in [2.45, 2.75) is 26.3 Å². The summed E-state index contributed by atoms with van der Waals surface area (Å²) in [5.74, 6) is 1.91. The minimum Gasteiger partial charge on any atom is -0.492 e. The van der Waals surface area contributed by atoms with Crippen molar-refractivity contribution < 1.29 is 4.74 Å². The highest BCUT2D eigenvalue weighted by atomic mass is 79.9. The van der Waals surface area contributed by atoms with E-state index in [0.29, 0.717) is 6.61 Å². The molecule has 0 bridgehead atoms. The Morgan fingerprint density at radius 3 is 2.90 bits per heavy atom. The first-order valence-electron chi connectivity index (χ1n) is 7.29. The molecule has 0 unspecified atom stereocenters. The monoisotopic (exact) mass is 351 g/mol. The average Bonchev–Trinajstić information content (AvgIpc) is 2.87. The van der Waals surface area contributed by atoms with Crippen molar-refractivity contribution >= 4 is 15.9 Å². The summed E-state index contributed by atoms with van der Waals surface area (Å²) in [5.41, 5.74) is 1.26. The fourth-order valence-corrected chi connectivity index (χ4v) is 2.61. The number of hydrogen-bond acceptors (Lipinski definition) is 3. The molecule has 1 aromatic carbocycles. The molecule has 2 rings (SSSR count). The highest BCUT2D eigenvalue weighted by molar-refractivity contribution is 9.10. The van der Waals surface area contributed by atoms with Crippen LogP contribution in [0.25, 0.3) is 0 Å². The van der Waals surface area contributed by atoms with Gasteiger partial charge in [0, 0.05) is 32.4 Å². The second kappa shape index (κ2) is 8.20. The number of aryl methyl sites for hydroxylation is 1. The topological polar surface area (TPSA) is 39.1 Å². The number of halogens is 1. The van der Waals surface area contributed by atoms with Crippen LogP contribution in [0, 0.1) is 0 Å². The van der Waals surface area contributed by atoms with Crippen molar-refractivity contribution in [3.05, 3.63) is 46.5 Å². The van der Waals surface area contributed by atoms with Crippen LogP contribution in [0.4, 0.5) is 0 Å². The van der Waals surface area contributed by atoms with Crippen molar-refractivity contribution in [3.8, 4) is 5.75 Å². The number of benzene rings is 1. The van der Waals surface area contributed by atoms with Crippen molar-refractivity contribution in [2.75, 3.05) is 13.2 Å².